The Bertz CT molecular complexity index is 53.1. The molecule has 0 aliphatic rings. The van der Waals surface area contributed by atoms with Crippen molar-refractivity contribution in [3.63, 3.8) is 0 Å². The maximum Gasteiger partial charge on any atom is 2.00 e. The van der Waals surface area contributed by atoms with E-state index in [4.69, 9.17) is 0 Å². The van der Waals surface area contributed by atoms with E-state index in [-0.39, 0.29) is 19.5 Å². The van der Waals surface area contributed by atoms with E-state index in [2.05, 4.69) is 4.52 Å². The summed E-state index contributed by atoms with van der Waals surface area (Å²) in [6, 6.07) is 0. The summed E-state index contributed by atoms with van der Waals surface area (Å²) < 4.78 is 4.24. The second kappa shape index (κ2) is 8.93. The van der Waals surface area contributed by atoms with Crippen molar-refractivity contribution in [2.75, 3.05) is 6.61 Å². The van der Waals surface area contributed by atoms with E-state index in [9.17, 15) is 9.79 Å². The van der Waals surface area contributed by atoms with Gasteiger partial charge in [-0.3, -0.25) is 0 Å². The molecule has 9 heavy (non-hydrogen) atoms. The molecule has 5 heteroatoms. The van der Waals surface area contributed by atoms with Gasteiger partial charge in [-0.15, -0.1) is 0 Å². The zero-order chi connectivity index (χ0) is 6.41. The molecule has 0 rings (SSSR count). The minimum absolute atomic E-state index is 0. The van der Waals surface area contributed by atoms with Crippen LogP contribution in [0.4, 0.5) is 0 Å². The van der Waals surface area contributed by atoms with Crippen LogP contribution < -0.4 is 9.79 Å². The van der Waals surface area contributed by atoms with Crippen LogP contribution in [0.15, 0.2) is 0 Å². The van der Waals surface area contributed by atoms with Crippen LogP contribution in [0.25, 0.3) is 0 Å². The van der Waals surface area contributed by atoms with Crippen molar-refractivity contribution >= 4 is 8.60 Å². The molecular formula is C4H9O3PZn. The Labute approximate surface area is 69.2 Å². The molecule has 0 heterocycles. The van der Waals surface area contributed by atoms with Crippen LogP contribution >= 0.6 is 8.60 Å². The molecule has 0 aliphatic carbocycles. The number of rotatable bonds is 4. The van der Waals surface area contributed by atoms with Gasteiger partial charge >= 0.3 is 19.5 Å². The second-order valence-corrected chi connectivity index (χ2v) is 2.12. The summed E-state index contributed by atoms with van der Waals surface area (Å²) in [6.07, 6.45) is 1.77. The number of unbranched alkanes of at least 4 members (excludes halogenated alkanes) is 1. The monoisotopic (exact) mass is 200 g/mol. The molecule has 0 fully saturated rings. The quantitative estimate of drug-likeness (QED) is 0.358. The van der Waals surface area contributed by atoms with Gasteiger partial charge in [0.25, 0.3) is 0 Å². The van der Waals surface area contributed by atoms with Crippen LogP contribution in [0.1, 0.15) is 19.8 Å². The predicted molar refractivity (Wildman–Crippen MR) is 27.8 cm³/mol. The molecule has 3 nitrogen and oxygen atoms in total. The van der Waals surface area contributed by atoms with E-state index in [1.807, 2.05) is 6.92 Å². The molecule has 0 saturated carbocycles. The Hall–Kier alpha value is 0.933. The van der Waals surface area contributed by atoms with Gasteiger partial charge in [0.15, 0.2) is 0 Å². The molecule has 0 spiro atoms. The van der Waals surface area contributed by atoms with Gasteiger partial charge in [0.2, 0.25) is 0 Å². The minimum atomic E-state index is -2.61. The Morgan fingerprint density at radius 2 is 2.00 bits per heavy atom. The third-order valence-corrected chi connectivity index (χ3v) is 1.09. The third kappa shape index (κ3) is 12.2. The fourth-order valence-electron chi connectivity index (χ4n) is 0.283. The zero-order valence-corrected chi connectivity index (χ0v) is 9.36. The molecule has 0 aromatic carbocycles. The topological polar surface area (TPSA) is 55.3 Å². The molecule has 0 unspecified atom stereocenters. The van der Waals surface area contributed by atoms with E-state index in [0.717, 1.165) is 12.8 Å². The molecule has 0 atom stereocenters. The first-order chi connectivity index (χ1) is 3.77. The smallest absolute Gasteiger partial charge is 0.820 e. The van der Waals surface area contributed by atoms with E-state index in [1.165, 1.54) is 0 Å². The molecular weight excluding hydrogens is 192 g/mol. The maximum atomic E-state index is 9.69. The van der Waals surface area contributed by atoms with Gasteiger partial charge in [-0.05, 0) is 6.42 Å². The molecule has 0 amide bonds. The van der Waals surface area contributed by atoms with E-state index < -0.39 is 8.60 Å². The van der Waals surface area contributed by atoms with Crippen molar-refractivity contribution in [3.05, 3.63) is 0 Å². The molecule has 0 radical (unpaired) electrons. The van der Waals surface area contributed by atoms with E-state index in [0.29, 0.717) is 6.61 Å². The van der Waals surface area contributed by atoms with Crippen molar-refractivity contribution in [1.82, 2.24) is 0 Å². The molecule has 0 saturated heterocycles. The first kappa shape index (κ1) is 12.6. The van der Waals surface area contributed by atoms with Gasteiger partial charge in [0, 0.05) is 6.61 Å². The number of hydrogen-bond acceptors (Lipinski definition) is 3. The summed E-state index contributed by atoms with van der Waals surface area (Å²) in [5, 5.41) is 0. The number of hydrogen-bond donors (Lipinski definition) is 0. The summed E-state index contributed by atoms with van der Waals surface area (Å²) in [5.41, 5.74) is 0. The van der Waals surface area contributed by atoms with E-state index >= 15 is 0 Å². The average molecular weight is 201 g/mol. The Morgan fingerprint density at radius 3 is 2.33 bits per heavy atom. The van der Waals surface area contributed by atoms with Crippen LogP contribution in [0.2, 0.25) is 0 Å². The van der Waals surface area contributed by atoms with E-state index in [1.54, 1.807) is 0 Å². The van der Waals surface area contributed by atoms with Crippen molar-refractivity contribution in [2.24, 2.45) is 0 Å². The molecule has 50 valence electrons. The molecule has 0 aromatic heterocycles. The predicted octanol–water partition coefficient (Wildman–Crippen LogP) is -0.252. The first-order valence-corrected chi connectivity index (χ1v) is 3.64. The third-order valence-electron chi connectivity index (χ3n) is 0.695. The molecule has 0 aromatic rings. The van der Waals surface area contributed by atoms with Crippen molar-refractivity contribution in [2.45, 2.75) is 19.8 Å². The maximum absolute atomic E-state index is 9.69. The summed E-state index contributed by atoms with van der Waals surface area (Å²) in [7, 11) is -2.61. The first-order valence-electron chi connectivity index (χ1n) is 2.54. The van der Waals surface area contributed by atoms with Gasteiger partial charge < -0.3 is 14.3 Å². The van der Waals surface area contributed by atoms with Gasteiger partial charge in [-0.25, -0.2) is 0 Å². The van der Waals surface area contributed by atoms with Crippen molar-refractivity contribution in [3.8, 4) is 0 Å². The Balaban J connectivity index is 0. The SMILES string of the molecule is CCCCOP([O-])[O-].[Zn+2]. The molecule has 0 N–H and O–H groups in total. The second-order valence-electron chi connectivity index (χ2n) is 1.41. The summed E-state index contributed by atoms with van der Waals surface area (Å²) >= 11 is 0. The van der Waals surface area contributed by atoms with Crippen LogP contribution in [0.3, 0.4) is 0 Å². The van der Waals surface area contributed by atoms with Crippen molar-refractivity contribution < 1.29 is 33.8 Å². The average Bonchev–Trinajstić information content (AvgIpc) is 1.66. The Morgan fingerprint density at radius 1 is 1.44 bits per heavy atom. The minimum Gasteiger partial charge on any atom is -0.820 e. The van der Waals surface area contributed by atoms with Gasteiger partial charge in [0.05, 0.1) is 0 Å². The molecule has 0 aliphatic heterocycles. The summed E-state index contributed by atoms with van der Waals surface area (Å²) in [5.74, 6) is 0. The zero-order valence-electron chi connectivity index (χ0n) is 5.50. The largest absolute Gasteiger partial charge is 2.00 e. The summed E-state index contributed by atoms with van der Waals surface area (Å²) in [4.78, 5) is 19.4. The van der Waals surface area contributed by atoms with Crippen molar-refractivity contribution in [1.29, 1.82) is 0 Å². The van der Waals surface area contributed by atoms with Crippen LogP contribution in [0.5, 0.6) is 0 Å². The van der Waals surface area contributed by atoms with Gasteiger partial charge in [-0.1, -0.05) is 13.3 Å². The van der Waals surface area contributed by atoms with Crippen LogP contribution in [0, 0.1) is 0 Å². The van der Waals surface area contributed by atoms with Gasteiger partial charge in [0.1, 0.15) is 0 Å². The summed E-state index contributed by atoms with van der Waals surface area (Å²) in [6.45, 7) is 2.30. The normalized spacial score (nSPS) is 9.33. The van der Waals surface area contributed by atoms with Crippen LogP contribution in [-0.4, -0.2) is 6.61 Å². The fourth-order valence-corrected chi connectivity index (χ4v) is 0.562. The Kier molecular flexibility index (Phi) is 12.5. The molecule has 0 bridgehead atoms. The fraction of sp³-hybridized carbons (Fsp3) is 1.00. The van der Waals surface area contributed by atoms with Crippen LogP contribution in [-0.2, 0) is 24.0 Å². The van der Waals surface area contributed by atoms with Gasteiger partial charge in [-0.2, -0.15) is 8.60 Å². The standard InChI is InChI=1S/C4H9O3P.Zn/c1-2-3-4-7-8(5)6;/h2-4H2,1H3;/q-2;+2.